The van der Waals surface area contributed by atoms with Gasteiger partial charge in [0, 0.05) is 29.1 Å². The van der Waals surface area contributed by atoms with Gasteiger partial charge in [0.15, 0.2) is 0 Å². The molecule has 0 amide bonds. The number of anilines is 1. The van der Waals surface area contributed by atoms with Crippen molar-refractivity contribution in [2.75, 3.05) is 11.9 Å². The van der Waals surface area contributed by atoms with Crippen LogP contribution in [0.1, 0.15) is 26.3 Å². The van der Waals surface area contributed by atoms with Crippen molar-refractivity contribution in [3.63, 3.8) is 0 Å². The maximum absolute atomic E-state index is 5.83. The van der Waals surface area contributed by atoms with Crippen molar-refractivity contribution in [1.82, 2.24) is 0 Å². The largest absolute Gasteiger partial charge is 0.372 e. The molecule has 0 N–H and O–H groups in total. The topological polar surface area (TPSA) is 3.24 Å². The molecule has 0 heterocycles. The van der Waals surface area contributed by atoms with E-state index in [4.69, 9.17) is 11.6 Å². The molecule has 1 nitrogen and oxygen atoms in total. The zero-order valence-corrected chi connectivity index (χ0v) is 12.6. The van der Waals surface area contributed by atoms with Crippen molar-refractivity contribution in [3.05, 3.63) is 28.2 Å². The summed E-state index contributed by atoms with van der Waals surface area (Å²) in [7, 11) is 2.13. The monoisotopic (exact) mass is 303 g/mol. The Balaban J connectivity index is 2.92. The van der Waals surface area contributed by atoms with Gasteiger partial charge in [0.2, 0.25) is 0 Å². The first kappa shape index (κ1) is 13.9. The lowest BCUT2D eigenvalue weighted by atomic mass is 10.0. The molecule has 0 aliphatic carbocycles. The molecule has 0 saturated heterocycles. The maximum Gasteiger partial charge on any atom is 0.0485 e. The van der Waals surface area contributed by atoms with Crippen molar-refractivity contribution in [1.29, 1.82) is 0 Å². The SMILES string of the molecule is CC(C)C(C)N(C)c1ccc(CCl)c(Br)c1. The Hall–Kier alpha value is -0.210. The molecule has 16 heavy (non-hydrogen) atoms. The van der Waals surface area contributed by atoms with Gasteiger partial charge in [0.05, 0.1) is 0 Å². The highest BCUT2D eigenvalue weighted by Gasteiger charge is 2.14. The van der Waals surface area contributed by atoms with Crippen LogP contribution in [0.25, 0.3) is 0 Å². The number of alkyl halides is 1. The van der Waals surface area contributed by atoms with Gasteiger partial charge in [0.25, 0.3) is 0 Å². The lowest BCUT2D eigenvalue weighted by Crippen LogP contribution is -2.33. The summed E-state index contributed by atoms with van der Waals surface area (Å²) in [6.45, 7) is 6.72. The fraction of sp³-hybridized carbons (Fsp3) is 0.538. The van der Waals surface area contributed by atoms with Gasteiger partial charge in [-0.3, -0.25) is 0 Å². The van der Waals surface area contributed by atoms with E-state index in [0.29, 0.717) is 17.8 Å². The molecule has 3 heteroatoms. The van der Waals surface area contributed by atoms with Crippen molar-refractivity contribution in [2.24, 2.45) is 5.92 Å². The Morgan fingerprint density at radius 1 is 1.31 bits per heavy atom. The van der Waals surface area contributed by atoms with Crippen LogP contribution >= 0.6 is 27.5 Å². The minimum absolute atomic E-state index is 0.522. The molecule has 0 bridgehead atoms. The van der Waals surface area contributed by atoms with Crippen molar-refractivity contribution in [3.8, 4) is 0 Å². The van der Waals surface area contributed by atoms with Crippen LogP contribution in [0, 0.1) is 5.92 Å². The molecule has 0 saturated carbocycles. The molecule has 1 rings (SSSR count). The van der Waals surface area contributed by atoms with Gasteiger partial charge < -0.3 is 4.90 Å². The molecule has 0 fully saturated rings. The van der Waals surface area contributed by atoms with Crippen LogP contribution in [0.15, 0.2) is 22.7 Å². The third kappa shape index (κ3) is 3.14. The smallest absolute Gasteiger partial charge is 0.0485 e. The summed E-state index contributed by atoms with van der Waals surface area (Å²) in [5.74, 6) is 1.18. The number of benzene rings is 1. The average Bonchev–Trinajstić information content (AvgIpc) is 2.26. The molecule has 0 radical (unpaired) electrons. The summed E-state index contributed by atoms with van der Waals surface area (Å²) in [4.78, 5) is 2.30. The van der Waals surface area contributed by atoms with E-state index in [1.807, 2.05) is 0 Å². The summed E-state index contributed by atoms with van der Waals surface area (Å²) in [6, 6.07) is 6.86. The van der Waals surface area contributed by atoms with Crippen LogP contribution in [0.5, 0.6) is 0 Å². The first-order valence-electron chi connectivity index (χ1n) is 5.54. The fourth-order valence-electron chi connectivity index (χ4n) is 1.55. The summed E-state index contributed by atoms with van der Waals surface area (Å²) in [5, 5.41) is 0. The van der Waals surface area contributed by atoms with Gasteiger partial charge >= 0.3 is 0 Å². The van der Waals surface area contributed by atoms with Gasteiger partial charge in [-0.2, -0.15) is 0 Å². The predicted molar refractivity (Wildman–Crippen MR) is 76.4 cm³/mol. The van der Waals surface area contributed by atoms with E-state index in [1.54, 1.807) is 0 Å². The quantitative estimate of drug-likeness (QED) is 0.731. The number of rotatable bonds is 4. The van der Waals surface area contributed by atoms with E-state index in [9.17, 15) is 0 Å². The Kier molecular flexibility index (Phi) is 5.13. The number of nitrogens with zero attached hydrogens (tertiary/aromatic N) is 1. The van der Waals surface area contributed by atoms with Gasteiger partial charge in [-0.15, -0.1) is 11.6 Å². The highest BCUT2D eigenvalue weighted by atomic mass is 79.9. The third-order valence-corrected chi connectivity index (χ3v) is 4.19. The molecular weight excluding hydrogens is 286 g/mol. The Morgan fingerprint density at radius 2 is 1.94 bits per heavy atom. The first-order chi connectivity index (χ1) is 7.47. The molecule has 0 aliphatic heterocycles. The zero-order chi connectivity index (χ0) is 12.3. The lowest BCUT2D eigenvalue weighted by Gasteiger charge is -2.30. The molecule has 0 spiro atoms. The highest BCUT2D eigenvalue weighted by Crippen LogP contribution is 2.26. The Morgan fingerprint density at radius 3 is 2.38 bits per heavy atom. The minimum atomic E-state index is 0.522. The second kappa shape index (κ2) is 5.92. The van der Waals surface area contributed by atoms with Crippen molar-refractivity contribution >= 4 is 33.2 Å². The molecule has 0 aliphatic rings. The van der Waals surface area contributed by atoms with Crippen LogP contribution in [-0.4, -0.2) is 13.1 Å². The van der Waals surface area contributed by atoms with Gasteiger partial charge in [0.1, 0.15) is 0 Å². The van der Waals surface area contributed by atoms with Crippen LogP contribution in [0.3, 0.4) is 0 Å². The predicted octanol–water partition coefficient (Wildman–Crippen LogP) is 4.67. The van der Waals surface area contributed by atoms with Gasteiger partial charge in [-0.05, 0) is 30.5 Å². The van der Waals surface area contributed by atoms with Crippen molar-refractivity contribution in [2.45, 2.75) is 32.7 Å². The first-order valence-corrected chi connectivity index (χ1v) is 6.87. The standard InChI is InChI=1S/C13H19BrClN/c1-9(2)10(3)16(4)12-6-5-11(8-15)13(14)7-12/h5-7,9-10H,8H2,1-4H3. The summed E-state index contributed by atoms with van der Waals surface area (Å²) < 4.78 is 1.09. The van der Waals surface area contributed by atoms with Gasteiger partial charge in [-0.1, -0.05) is 35.8 Å². The number of halogens is 2. The molecular formula is C13H19BrClN. The van der Waals surface area contributed by atoms with Gasteiger partial charge in [-0.25, -0.2) is 0 Å². The molecule has 1 aromatic rings. The maximum atomic E-state index is 5.83. The highest BCUT2D eigenvalue weighted by molar-refractivity contribution is 9.10. The summed E-state index contributed by atoms with van der Waals surface area (Å²) >= 11 is 9.38. The number of hydrogen-bond donors (Lipinski definition) is 0. The van der Waals surface area contributed by atoms with Crippen LogP contribution in [0.4, 0.5) is 5.69 Å². The van der Waals surface area contributed by atoms with E-state index in [-0.39, 0.29) is 0 Å². The molecule has 1 unspecified atom stereocenters. The molecule has 90 valence electrons. The lowest BCUT2D eigenvalue weighted by molar-refractivity contribution is 0.505. The third-order valence-electron chi connectivity index (χ3n) is 3.16. The second-order valence-electron chi connectivity index (χ2n) is 4.50. The van der Waals surface area contributed by atoms with Crippen LogP contribution in [0.2, 0.25) is 0 Å². The minimum Gasteiger partial charge on any atom is -0.372 e. The van der Waals surface area contributed by atoms with Crippen molar-refractivity contribution < 1.29 is 0 Å². The normalized spacial score (nSPS) is 12.9. The number of hydrogen-bond acceptors (Lipinski definition) is 1. The summed E-state index contributed by atoms with van der Waals surface area (Å²) in [5.41, 5.74) is 2.36. The zero-order valence-electron chi connectivity index (χ0n) is 10.3. The van der Waals surface area contributed by atoms with Crippen LogP contribution in [-0.2, 0) is 5.88 Å². The molecule has 0 aromatic heterocycles. The molecule has 1 atom stereocenters. The second-order valence-corrected chi connectivity index (χ2v) is 5.63. The fourth-order valence-corrected chi connectivity index (χ4v) is 2.45. The van der Waals surface area contributed by atoms with E-state index in [1.165, 1.54) is 5.69 Å². The van der Waals surface area contributed by atoms with Crippen LogP contribution < -0.4 is 4.90 Å². The van der Waals surface area contributed by atoms with E-state index in [2.05, 4.69) is 66.8 Å². The van der Waals surface area contributed by atoms with E-state index in [0.717, 1.165) is 10.0 Å². The van der Waals surface area contributed by atoms with E-state index < -0.39 is 0 Å². The average molecular weight is 305 g/mol. The van der Waals surface area contributed by atoms with E-state index >= 15 is 0 Å². The summed E-state index contributed by atoms with van der Waals surface area (Å²) in [6.07, 6.45) is 0. The Labute approximate surface area is 112 Å². The molecule has 1 aromatic carbocycles. The Bertz CT molecular complexity index is 352.